The average molecular weight is 475 g/mol. The molecule has 2 heterocycles. The van der Waals surface area contributed by atoms with Gasteiger partial charge in [0.25, 0.3) is 0 Å². The van der Waals surface area contributed by atoms with E-state index in [1.54, 1.807) is 13.4 Å². The summed E-state index contributed by atoms with van der Waals surface area (Å²) in [7, 11) is 1.71. The zero-order valence-electron chi connectivity index (χ0n) is 15.4. The van der Waals surface area contributed by atoms with Crippen molar-refractivity contribution in [2.24, 2.45) is 16.3 Å². The number of nitrogens with zero attached hydrogens (tertiary/aromatic N) is 1. The van der Waals surface area contributed by atoms with Crippen molar-refractivity contribution in [2.45, 2.75) is 44.2 Å². The molecule has 1 aromatic rings. The molecule has 3 fully saturated rings. The van der Waals surface area contributed by atoms with E-state index in [1.165, 1.54) is 25.7 Å². The van der Waals surface area contributed by atoms with Gasteiger partial charge in [-0.05, 0) is 31.4 Å². The van der Waals surface area contributed by atoms with Crippen LogP contribution < -0.4 is 10.6 Å². The van der Waals surface area contributed by atoms with E-state index in [1.807, 2.05) is 12.1 Å². The molecule has 1 aliphatic heterocycles. The highest BCUT2D eigenvalue weighted by atomic mass is 127. The van der Waals surface area contributed by atoms with E-state index in [0.717, 1.165) is 31.3 Å². The Morgan fingerprint density at radius 1 is 1.42 bits per heavy atom. The standard InChI is InChI=1S/C19H29N3O3.HI/c1-23-13-10-21-18(20-9-5-14-4-2-11-24-14)22-16-15-6-12-25-17(15)19(16)7-3-8-19;/h2,4,11,15-17H,3,5-10,12-13H2,1H3,(H2,20,21,22);1H. The van der Waals surface area contributed by atoms with Gasteiger partial charge < -0.3 is 24.5 Å². The van der Waals surface area contributed by atoms with Crippen LogP contribution in [0, 0.1) is 11.3 Å². The molecule has 0 bridgehead atoms. The molecule has 146 valence electrons. The molecule has 2 N–H and O–H groups in total. The first-order valence-corrected chi connectivity index (χ1v) is 9.51. The van der Waals surface area contributed by atoms with Gasteiger partial charge in [-0.1, -0.05) is 6.42 Å². The van der Waals surface area contributed by atoms with Crippen LogP contribution in [0.2, 0.25) is 0 Å². The van der Waals surface area contributed by atoms with Gasteiger partial charge in [0, 0.05) is 44.1 Å². The molecular formula is C19H30IN3O3. The molecular weight excluding hydrogens is 445 g/mol. The Balaban J connectivity index is 0.00000196. The number of hydrogen-bond donors (Lipinski definition) is 2. The maximum atomic E-state index is 6.02. The van der Waals surface area contributed by atoms with Crippen LogP contribution in [0.5, 0.6) is 0 Å². The molecule has 1 spiro atoms. The smallest absolute Gasteiger partial charge is 0.191 e. The van der Waals surface area contributed by atoms with E-state index >= 15 is 0 Å². The number of guanidine groups is 1. The van der Waals surface area contributed by atoms with Gasteiger partial charge in [0.2, 0.25) is 0 Å². The van der Waals surface area contributed by atoms with Crippen LogP contribution in [-0.2, 0) is 15.9 Å². The summed E-state index contributed by atoms with van der Waals surface area (Å²) in [5, 5.41) is 7.19. The van der Waals surface area contributed by atoms with Crippen molar-refractivity contribution in [3.63, 3.8) is 0 Å². The van der Waals surface area contributed by atoms with Crippen LogP contribution in [0.1, 0.15) is 31.4 Å². The van der Waals surface area contributed by atoms with Gasteiger partial charge in [-0.15, -0.1) is 24.0 Å². The van der Waals surface area contributed by atoms with Crippen molar-refractivity contribution in [1.82, 2.24) is 10.6 Å². The number of aliphatic imine (C=N–C) groups is 1. The van der Waals surface area contributed by atoms with Gasteiger partial charge in [0.05, 0.1) is 25.5 Å². The zero-order chi connectivity index (χ0) is 17.1. The van der Waals surface area contributed by atoms with Crippen molar-refractivity contribution in [2.75, 3.05) is 33.4 Å². The maximum absolute atomic E-state index is 6.02. The molecule has 3 atom stereocenters. The summed E-state index contributed by atoms with van der Waals surface area (Å²) >= 11 is 0. The summed E-state index contributed by atoms with van der Waals surface area (Å²) in [6.45, 7) is 3.01. The molecule has 1 aromatic heterocycles. The number of nitrogens with one attached hydrogen (secondary N) is 2. The summed E-state index contributed by atoms with van der Waals surface area (Å²) in [5.74, 6) is 2.53. The fraction of sp³-hybridized carbons (Fsp3) is 0.737. The summed E-state index contributed by atoms with van der Waals surface area (Å²) in [6.07, 6.45) is 8.10. The average Bonchev–Trinajstić information content (AvgIpc) is 3.21. The first kappa shape index (κ1) is 19.9. The van der Waals surface area contributed by atoms with Gasteiger partial charge >= 0.3 is 0 Å². The summed E-state index contributed by atoms with van der Waals surface area (Å²) in [6, 6.07) is 4.43. The molecule has 3 aliphatic rings. The minimum atomic E-state index is 0. The Hall–Kier alpha value is -0.800. The Morgan fingerprint density at radius 3 is 3.00 bits per heavy atom. The molecule has 0 aromatic carbocycles. The SMILES string of the molecule is COCCN=C(NCCc1ccco1)NC1C2CCOC2C12CCC2.I. The minimum absolute atomic E-state index is 0. The van der Waals surface area contributed by atoms with Crippen LogP contribution in [0.15, 0.2) is 27.8 Å². The Labute approximate surface area is 172 Å². The second-order valence-electron chi connectivity index (χ2n) is 7.43. The third-order valence-corrected chi connectivity index (χ3v) is 6.14. The normalized spacial score (nSPS) is 28.7. The highest BCUT2D eigenvalue weighted by molar-refractivity contribution is 14.0. The molecule has 7 heteroatoms. The summed E-state index contributed by atoms with van der Waals surface area (Å²) < 4.78 is 16.6. The predicted molar refractivity (Wildman–Crippen MR) is 111 cm³/mol. The van der Waals surface area contributed by atoms with Gasteiger partial charge in [-0.2, -0.15) is 0 Å². The predicted octanol–water partition coefficient (Wildman–Crippen LogP) is 2.58. The number of furan rings is 1. The minimum Gasteiger partial charge on any atom is -0.469 e. The second-order valence-corrected chi connectivity index (χ2v) is 7.43. The highest BCUT2D eigenvalue weighted by Gasteiger charge is 2.66. The first-order valence-electron chi connectivity index (χ1n) is 9.51. The number of fused-ring (bicyclic) bond motifs is 2. The van der Waals surface area contributed by atoms with Crippen LogP contribution in [0.4, 0.5) is 0 Å². The van der Waals surface area contributed by atoms with Crippen molar-refractivity contribution in [3.8, 4) is 0 Å². The van der Waals surface area contributed by atoms with Gasteiger partial charge in [0.1, 0.15) is 5.76 Å². The number of ether oxygens (including phenoxy) is 2. The number of methoxy groups -OCH3 is 1. The molecule has 0 amide bonds. The fourth-order valence-electron chi connectivity index (χ4n) is 4.76. The van der Waals surface area contributed by atoms with Crippen molar-refractivity contribution in [3.05, 3.63) is 24.2 Å². The number of hydrogen-bond acceptors (Lipinski definition) is 4. The van der Waals surface area contributed by atoms with Crippen LogP contribution in [-0.4, -0.2) is 51.5 Å². The van der Waals surface area contributed by atoms with E-state index in [0.29, 0.717) is 36.6 Å². The van der Waals surface area contributed by atoms with Crippen LogP contribution >= 0.6 is 24.0 Å². The first-order chi connectivity index (χ1) is 12.3. The fourth-order valence-corrected chi connectivity index (χ4v) is 4.76. The molecule has 26 heavy (non-hydrogen) atoms. The third kappa shape index (κ3) is 3.75. The summed E-state index contributed by atoms with van der Waals surface area (Å²) in [4.78, 5) is 4.69. The third-order valence-electron chi connectivity index (χ3n) is 6.14. The molecule has 2 saturated carbocycles. The lowest BCUT2D eigenvalue weighted by atomic mass is 9.46. The van der Waals surface area contributed by atoms with Crippen molar-refractivity contribution < 1.29 is 13.9 Å². The van der Waals surface area contributed by atoms with E-state index < -0.39 is 0 Å². The quantitative estimate of drug-likeness (QED) is 0.275. The molecule has 3 unspecified atom stereocenters. The lowest BCUT2D eigenvalue weighted by molar-refractivity contribution is -0.171. The highest BCUT2D eigenvalue weighted by Crippen LogP contribution is 2.62. The molecule has 0 radical (unpaired) electrons. The van der Waals surface area contributed by atoms with Gasteiger partial charge in [0.15, 0.2) is 5.96 Å². The largest absolute Gasteiger partial charge is 0.469 e. The van der Waals surface area contributed by atoms with Crippen molar-refractivity contribution in [1.29, 1.82) is 0 Å². The van der Waals surface area contributed by atoms with E-state index in [2.05, 4.69) is 10.6 Å². The zero-order valence-corrected chi connectivity index (χ0v) is 17.7. The van der Waals surface area contributed by atoms with Gasteiger partial charge in [-0.3, -0.25) is 4.99 Å². The van der Waals surface area contributed by atoms with Crippen molar-refractivity contribution >= 4 is 29.9 Å². The monoisotopic (exact) mass is 475 g/mol. The Kier molecular flexibility index (Phi) is 6.85. The molecule has 2 aliphatic carbocycles. The molecule has 4 rings (SSSR count). The van der Waals surface area contributed by atoms with Crippen LogP contribution in [0.3, 0.4) is 0 Å². The topological polar surface area (TPSA) is 68.0 Å². The molecule has 1 saturated heterocycles. The lowest BCUT2D eigenvalue weighted by Gasteiger charge is -2.63. The van der Waals surface area contributed by atoms with E-state index in [-0.39, 0.29) is 24.0 Å². The van der Waals surface area contributed by atoms with E-state index in [4.69, 9.17) is 18.9 Å². The summed E-state index contributed by atoms with van der Waals surface area (Å²) in [5.41, 5.74) is 0.353. The van der Waals surface area contributed by atoms with Crippen LogP contribution in [0.25, 0.3) is 0 Å². The van der Waals surface area contributed by atoms with Gasteiger partial charge in [-0.25, -0.2) is 0 Å². The number of rotatable bonds is 7. The number of halogens is 1. The maximum Gasteiger partial charge on any atom is 0.191 e. The Morgan fingerprint density at radius 2 is 2.31 bits per heavy atom. The molecule has 6 nitrogen and oxygen atoms in total. The second kappa shape index (κ2) is 8.93. The Bertz CT molecular complexity index is 589. The lowest BCUT2D eigenvalue weighted by Crippen LogP contribution is -2.72. The van der Waals surface area contributed by atoms with E-state index in [9.17, 15) is 0 Å².